The van der Waals surface area contributed by atoms with Crippen LogP contribution in [0, 0.1) is 25.2 Å². The van der Waals surface area contributed by atoms with E-state index in [1.165, 1.54) is 4.52 Å². The van der Waals surface area contributed by atoms with Crippen LogP contribution in [0.3, 0.4) is 0 Å². The van der Waals surface area contributed by atoms with Crippen molar-refractivity contribution in [3.63, 3.8) is 0 Å². The van der Waals surface area contributed by atoms with Crippen LogP contribution in [0.2, 0.25) is 5.02 Å². The van der Waals surface area contributed by atoms with Gasteiger partial charge in [-0.1, -0.05) is 31.5 Å². The van der Waals surface area contributed by atoms with E-state index >= 15 is 0 Å². The number of rotatable bonds is 6. The average Bonchev–Trinajstić information content (AvgIpc) is 3.62. The summed E-state index contributed by atoms with van der Waals surface area (Å²) in [7, 11) is 1.69. The Bertz CT molecular complexity index is 1570. The number of hydrogen-bond acceptors (Lipinski definition) is 6. The Kier molecular flexibility index (Phi) is 7.78. The number of nitriles is 1. The van der Waals surface area contributed by atoms with E-state index in [-0.39, 0.29) is 29.7 Å². The molecule has 8 nitrogen and oxygen atoms in total. The zero-order chi connectivity index (χ0) is 27.7. The number of likely N-dealkylation sites (N-methyl/N-ethyl adjacent to an activating group) is 1. The van der Waals surface area contributed by atoms with E-state index < -0.39 is 12.1 Å². The van der Waals surface area contributed by atoms with Gasteiger partial charge in [0.1, 0.15) is 23.1 Å². The number of aryl methyl sites for hydroxylation is 2. The molecule has 4 aromatic rings. The standard InChI is InChI=1S/C25H22ClF2N7O.C2H6/c1-12-10-30-18-8-14(26)4-7-16(18)20(12)21-13(2)31-24-17(9-29)22(23(27)28)33-35(24)25(21)34(3)11-19(36)32-15-5-6-15;1-2/h4,7-8,10,15,23H,5-6,11H2,1-3H3,(H,32,36);1-2H3. The highest BCUT2D eigenvalue weighted by Gasteiger charge is 2.30. The van der Waals surface area contributed by atoms with Crippen LogP contribution in [-0.4, -0.2) is 45.1 Å². The molecule has 0 radical (unpaired) electrons. The first-order chi connectivity index (χ1) is 18.2. The smallest absolute Gasteiger partial charge is 0.283 e. The van der Waals surface area contributed by atoms with Crippen molar-refractivity contribution in [2.75, 3.05) is 18.5 Å². The van der Waals surface area contributed by atoms with Crippen molar-refractivity contribution < 1.29 is 13.6 Å². The molecule has 5 rings (SSSR count). The van der Waals surface area contributed by atoms with Crippen molar-refractivity contribution in [3.05, 3.63) is 51.9 Å². The fraction of sp³-hybridized carbons (Fsp3) is 0.370. The minimum Gasteiger partial charge on any atom is -0.352 e. The van der Waals surface area contributed by atoms with Gasteiger partial charge in [-0.05, 0) is 44.4 Å². The summed E-state index contributed by atoms with van der Waals surface area (Å²) in [4.78, 5) is 23.4. The number of carbonyl (C=O) groups excluding carboxylic acids is 1. The third kappa shape index (κ3) is 4.98. The number of alkyl halides is 2. The topological polar surface area (TPSA) is 99.2 Å². The molecule has 0 bridgehead atoms. The molecule has 0 saturated heterocycles. The van der Waals surface area contributed by atoms with Crippen molar-refractivity contribution in [2.45, 2.75) is 53.0 Å². The molecule has 198 valence electrons. The Labute approximate surface area is 224 Å². The number of amides is 1. The van der Waals surface area contributed by atoms with Gasteiger partial charge in [-0.15, -0.1) is 0 Å². The molecule has 1 N–H and O–H groups in total. The number of halogens is 3. The van der Waals surface area contributed by atoms with E-state index in [4.69, 9.17) is 11.6 Å². The molecular weight excluding hydrogens is 512 g/mol. The Balaban J connectivity index is 0.00000164. The van der Waals surface area contributed by atoms with E-state index in [1.54, 1.807) is 37.2 Å². The number of nitrogens with one attached hydrogen (secondary N) is 1. The number of nitrogens with zero attached hydrogens (tertiary/aromatic N) is 6. The van der Waals surface area contributed by atoms with Gasteiger partial charge in [0.25, 0.3) is 6.43 Å². The number of anilines is 1. The zero-order valence-electron chi connectivity index (χ0n) is 21.8. The molecule has 1 aromatic carbocycles. The van der Waals surface area contributed by atoms with Gasteiger partial charge < -0.3 is 10.2 Å². The number of aromatic nitrogens is 4. The first kappa shape index (κ1) is 27.2. The molecule has 3 aromatic heterocycles. The van der Waals surface area contributed by atoms with Gasteiger partial charge in [-0.2, -0.15) is 14.9 Å². The van der Waals surface area contributed by atoms with Crippen LogP contribution in [0.25, 0.3) is 27.7 Å². The lowest BCUT2D eigenvalue weighted by Crippen LogP contribution is -2.37. The number of carbonyl (C=O) groups is 1. The molecule has 11 heteroatoms. The fourth-order valence-electron chi connectivity index (χ4n) is 4.45. The Morgan fingerprint density at radius 2 is 2.00 bits per heavy atom. The lowest BCUT2D eigenvalue weighted by molar-refractivity contribution is -0.119. The summed E-state index contributed by atoms with van der Waals surface area (Å²) in [6.45, 7) is 7.59. The summed E-state index contributed by atoms with van der Waals surface area (Å²) < 4.78 is 28.9. The van der Waals surface area contributed by atoms with E-state index in [9.17, 15) is 18.8 Å². The third-order valence-electron chi connectivity index (χ3n) is 6.22. The van der Waals surface area contributed by atoms with E-state index in [0.29, 0.717) is 27.6 Å². The summed E-state index contributed by atoms with van der Waals surface area (Å²) in [5.74, 6) is 0.177. The molecule has 0 unspecified atom stereocenters. The SMILES string of the molecule is CC.Cc1cnc2cc(Cl)ccc2c1-c1c(C)nc2c(C#N)c(C(F)F)nn2c1N(C)CC(=O)NC1CC1. The van der Waals surface area contributed by atoms with Crippen molar-refractivity contribution in [3.8, 4) is 17.2 Å². The zero-order valence-corrected chi connectivity index (χ0v) is 22.6. The summed E-state index contributed by atoms with van der Waals surface area (Å²) >= 11 is 6.20. The maximum Gasteiger partial charge on any atom is 0.283 e. The predicted molar refractivity (Wildman–Crippen MR) is 144 cm³/mol. The van der Waals surface area contributed by atoms with E-state index in [1.807, 2.05) is 32.9 Å². The lowest BCUT2D eigenvalue weighted by Gasteiger charge is -2.25. The second-order valence-electron chi connectivity index (χ2n) is 8.98. The van der Waals surface area contributed by atoms with Gasteiger partial charge in [0.05, 0.1) is 17.8 Å². The second kappa shape index (κ2) is 10.9. The van der Waals surface area contributed by atoms with E-state index in [2.05, 4.69) is 20.4 Å². The fourth-order valence-corrected chi connectivity index (χ4v) is 4.62. The minimum atomic E-state index is -2.97. The van der Waals surface area contributed by atoms with Crippen LogP contribution in [0.5, 0.6) is 0 Å². The van der Waals surface area contributed by atoms with Crippen LogP contribution in [0.1, 0.15) is 55.6 Å². The minimum absolute atomic E-state index is 0.0116. The number of benzene rings is 1. The van der Waals surface area contributed by atoms with Gasteiger partial charge in [0.15, 0.2) is 5.65 Å². The number of pyridine rings is 1. The van der Waals surface area contributed by atoms with Crippen LogP contribution >= 0.6 is 11.6 Å². The molecule has 1 fully saturated rings. The molecule has 0 spiro atoms. The highest BCUT2D eigenvalue weighted by molar-refractivity contribution is 6.31. The van der Waals surface area contributed by atoms with Crippen molar-refractivity contribution in [2.24, 2.45) is 0 Å². The van der Waals surface area contributed by atoms with Gasteiger partial charge in [0.2, 0.25) is 5.91 Å². The summed E-state index contributed by atoms with van der Waals surface area (Å²) in [5, 5.41) is 18.0. The largest absolute Gasteiger partial charge is 0.352 e. The van der Waals surface area contributed by atoms with Crippen LogP contribution in [0.4, 0.5) is 14.6 Å². The second-order valence-corrected chi connectivity index (χ2v) is 9.42. The Morgan fingerprint density at radius 1 is 1.29 bits per heavy atom. The van der Waals surface area contributed by atoms with Gasteiger partial charge in [-0.3, -0.25) is 9.78 Å². The summed E-state index contributed by atoms with van der Waals surface area (Å²) in [6, 6.07) is 7.33. The maximum absolute atomic E-state index is 13.8. The van der Waals surface area contributed by atoms with Gasteiger partial charge in [0, 0.05) is 40.8 Å². The first-order valence-corrected chi connectivity index (χ1v) is 12.7. The molecule has 0 atom stereocenters. The van der Waals surface area contributed by atoms with E-state index in [0.717, 1.165) is 29.4 Å². The predicted octanol–water partition coefficient (Wildman–Crippen LogP) is 5.77. The third-order valence-corrected chi connectivity index (χ3v) is 6.46. The molecule has 3 heterocycles. The van der Waals surface area contributed by atoms with Crippen molar-refractivity contribution >= 4 is 39.9 Å². The summed E-state index contributed by atoms with van der Waals surface area (Å²) in [5.41, 5.74) is 2.39. The van der Waals surface area contributed by atoms with Crippen molar-refractivity contribution in [1.29, 1.82) is 5.26 Å². The quantitative estimate of drug-likeness (QED) is 0.334. The molecule has 38 heavy (non-hydrogen) atoms. The number of hydrogen-bond donors (Lipinski definition) is 1. The normalized spacial score (nSPS) is 12.8. The van der Waals surface area contributed by atoms with Gasteiger partial charge >= 0.3 is 0 Å². The average molecular weight is 540 g/mol. The molecule has 1 aliphatic rings. The van der Waals surface area contributed by atoms with Crippen molar-refractivity contribution in [1.82, 2.24) is 24.9 Å². The number of fused-ring (bicyclic) bond motifs is 2. The maximum atomic E-state index is 13.8. The van der Waals surface area contributed by atoms with Crippen LogP contribution in [-0.2, 0) is 4.79 Å². The molecular formula is C27H28ClF2N7O. The Hall–Kier alpha value is -3.84. The molecule has 0 aliphatic heterocycles. The first-order valence-electron chi connectivity index (χ1n) is 12.4. The monoisotopic (exact) mass is 539 g/mol. The summed E-state index contributed by atoms with van der Waals surface area (Å²) in [6.07, 6.45) is 0.612. The molecule has 1 saturated carbocycles. The lowest BCUT2D eigenvalue weighted by atomic mass is 9.96. The molecule has 1 amide bonds. The molecule has 1 aliphatic carbocycles. The highest BCUT2D eigenvalue weighted by Crippen LogP contribution is 2.40. The highest BCUT2D eigenvalue weighted by atomic mass is 35.5. The van der Waals surface area contributed by atoms with Crippen LogP contribution < -0.4 is 10.2 Å². The van der Waals surface area contributed by atoms with Crippen LogP contribution in [0.15, 0.2) is 24.4 Å². The van der Waals surface area contributed by atoms with Gasteiger partial charge in [-0.25, -0.2) is 13.8 Å². The Morgan fingerprint density at radius 3 is 2.63 bits per heavy atom.